The Labute approximate surface area is 116 Å². The topological polar surface area (TPSA) is 29.5 Å². The van der Waals surface area contributed by atoms with Crippen LogP contribution in [0, 0.1) is 6.92 Å². The number of halogens is 1. The Hall–Kier alpha value is -0.870. The number of aryl methyl sites for hydroxylation is 1. The maximum absolute atomic E-state index is 12.5. The number of hydrogen-bond donors (Lipinski definition) is 0. The number of likely N-dealkylation sites (tertiary alicyclic amines) is 1. The molecule has 2 rings (SSSR count). The molecular formula is C14H18BrNO2. The van der Waals surface area contributed by atoms with Gasteiger partial charge in [-0.1, -0.05) is 22.0 Å². The van der Waals surface area contributed by atoms with Gasteiger partial charge in [0.2, 0.25) is 0 Å². The summed E-state index contributed by atoms with van der Waals surface area (Å²) in [5.41, 5.74) is 1.80. The first-order valence-electron chi connectivity index (χ1n) is 6.20. The van der Waals surface area contributed by atoms with E-state index in [9.17, 15) is 4.79 Å². The molecule has 0 radical (unpaired) electrons. The highest BCUT2D eigenvalue weighted by Gasteiger charge is 2.25. The number of hydrogen-bond acceptors (Lipinski definition) is 2. The molecule has 3 nitrogen and oxygen atoms in total. The van der Waals surface area contributed by atoms with Gasteiger partial charge in [-0.2, -0.15) is 0 Å². The molecule has 1 aromatic rings. The average molecular weight is 312 g/mol. The van der Waals surface area contributed by atoms with E-state index >= 15 is 0 Å². The molecule has 1 aliphatic rings. The Morgan fingerprint density at radius 3 is 3.00 bits per heavy atom. The molecule has 98 valence electrons. The molecule has 1 fully saturated rings. The second-order valence-corrected chi connectivity index (χ2v) is 5.63. The predicted molar refractivity (Wildman–Crippen MR) is 74.8 cm³/mol. The van der Waals surface area contributed by atoms with Gasteiger partial charge in [0.1, 0.15) is 0 Å². The highest BCUT2D eigenvalue weighted by Crippen LogP contribution is 2.20. The first kappa shape index (κ1) is 13.6. The zero-order valence-corrected chi connectivity index (χ0v) is 12.4. The van der Waals surface area contributed by atoms with Crippen LogP contribution in [0.5, 0.6) is 0 Å². The van der Waals surface area contributed by atoms with E-state index in [1.54, 1.807) is 7.11 Å². The van der Waals surface area contributed by atoms with Gasteiger partial charge in [-0.05, 0) is 37.5 Å². The van der Waals surface area contributed by atoms with E-state index in [0.717, 1.165) is 35.0 Å². The van der Waals surface area contributed by atoms with Crippen molar-refractivity contribution < 1.29 is 9.53 Å². The Bertz CT molecular complexity index is 447. The number of benzene rings is 1. The molecule has 1 saturated heterocycles. The molecule has 1 amide bonds. The molecule has 1 aliphatic heterocycles. The largest absolute Gasteiger partial charge is 0.380 e. The number of carbonyl (C=O) groups excluding carboxylic acids is 1. The lowest BCUT2D eigenvalue weighted by Gasteiger charge is -2.32. The maximum Gasteiger partial charge on any atom is 0.254 e. The van der Waals surface area contributed by atoms with Crippen molar-refractivity contribution in [2.75, 3.05) is 20.2 Å². The summed E-state index contributed by atoms with van der Waals surface area (Å²) in [7, 11) is 1.71. The zero-order valence-electron chi connectivity index (χ0n) is 10.8. The normalized spacial score (nSPS) is 19.9. The summed E-state index contributed by atoms with van der Waals surface area (Å²) >= 11 is 3.42. The molecule has 1 unspecified atom stereocenters. The third kappa shape index (κ3) is 2.93. The zero-order chi connectivity index (χ0) is 13.1. The molecule has 0 aromatic heterocycles. The van der Waals surface area contributed by atoms with Crippen molar-refractivity contribution in [1.29, 1.82) is 0 Å². The Morgan fingerprint density at radius 2 is 2.28 bits per heavy atom. The summed E-state index contributed by atoms with van der Waals surface area (Å²) in [4.78, 5) is 14.4. The van der Waals surface area contributed by atoms with Gasteiger partial charge in [0, 0.05) is 30.2 Å². The second-order valence-electron chi connectivity index (χ2n) is 4.71. The monoisotopic (exact) mass is 311 g/mol. The summed E-state index contributed by atoms with van der Waals surface area (Å²) in [6.45, 7) is 3.49. The van der Waals surface area contributed by atoms with Crippen LogP contribution in [0.4, 0.5) is 0 Å². The quantitative estimate of drug-likeness (QED) is 0.840. The van der Waals surface area contributed by atoms with E-state index < -0.39 is 0 Å². The number of amides is 1. The van der Waals surface area contributed by atoms with Crippen molar-refractivity contribution in [1.82, 2.24) is 4.90 Å². The number of piperidine rings is 1. The van der Waals surface area contributed by atoms with Crippen molar-refractivity contribution in [3.63, 3.8) is 0 Å². The SMILES string of the molecule is COC1CCCN(C(=O)c2cc(Br)ccc2C)C1. The molecule has 1 heterocycles. The number of methoxy groups -OCH3 is 1. The van der Waals surface area contributed by atoms with Crippen molar-refractivity contribution >= 4 is 21.8 Å². The van der Waals surface area contributed by atoms with Crippen molar-refractivity contribution in [2.45, 2.75) is 25.9 Å². The molecule has 1 aromatic carbocycles. The van der Waals surface area contributed by atoms with Gasteiger partial charge in [-0.25, -0.2) is 0 Å². The highest BCUT2D eigenvalue weighted by molar-refractivity contribution is 9.10. The van der Waals surface area contributed by atoms with Crippen molar-refractivity contribution in [2.24, 2.45) is 0 Å². The fourth-order valence-corrected chi connectivity index (χ4v) is 2.67. The van der Waals surface area contributed by atoms with Crippen LogP contribution in [0.25, 0.3) is 0 Å². The van der Waals surface area contributed by atoms with Gasteiger partial charge in [-0.15, -0.1) is 0 Å². The third-order valence-electron chi connectivity index (χ3n) is 3.43. The van der Waals surface area contributed by atoms with Crippen LogP contribution >= 0.6 is 15.9 Å². The summed E-state index contributed by atoms with van der Waals surface area (Å²) in [6, 6.07) is 5.82. The summed E-state index contributed by atoms with van der Waals surface area (Å²) in [6.07, 6.45) is 2.23. The van der Waals surface area contributed by atoms with Crippen LogP contribution in [0.15, 0.2) is 22.7 Å². The van der Waals surface area contributed by atoms with E-state index in [2.05, 4.69) is 15.9 Å². The van der Waals surface area contributed by atoms with E-state index in [4.69, 9.17) is 4.74 Å². The van der Waals surface area contributed by atoms with Crippen LogP contribution in [-0.4, -0.2) is 37.1 Å². The summed E-state index contributed by atoms with van der Waals surface area (Å²) < 4.78 is 6.30. The predicted octanol–water partition coefficient (Wildman–Crippen LogP) is 3.01. The number of rotatable bonds is 2. The first-order chi connectivity index (χ1) is 8.61. The summed E-state index contributed by atoms with van der Waals surface area (Å²) in [5.74, 6) is 0.107. The lowest BCUT2D eigenvalue weighted by Crippen LogP contribution is -2.43. The maximum atomic E-state index is 12.5. The van der Waals surface area contributed by atoms with E-state index in [1.165, 1.54) is 0 Å². The Balaban J connectivity index is 2.17. The standard InChI is InChI=1S/C14H18BrNO2/c1-10-5-6-11(15)8-13(10)14(17)16-7-3-4-12(9-16)18-2/h5-6,8,12H,3-4,7,9H2,1-2H3. The third-order valence-corrected chi connectivity index (χ3v) is 3.92. The van der Waals surface area contributed by atoms with Crippen LogP contribution in [0.3, 0.4) is 0 Å². The minimum absolute atomic E-state index is 0.107. The van der Waals surface area contributed by atoms with Crippen LogP contribution in [-0.2, 0) is 4.74 Å². The van der Waals surface area contributed by atoms with Crippen molar-refractivity contribution in [3.05, 3.63) is 33.8 Å². The molecule has 18 heavy (non-hydrogen) atoms. The Morgan fingerprint density at radius 1 is 1.50 bits per heavy atom. The minimum Gasteiger partial charge on any atom is -0.380 e. The van der Waals surface area contributed by atoms with Gasteiger partial charge >= 0.3 is 0 Å². The lowest BCUT2D eigenvalue weighted by atomic mass is 10.0. The minimum atomic E-state index is 0.107. The number of carbonyl (C=O) groups is 1. The smallest absolute Gasteiger partial charge is 0.254 e. The molecule has 0 bridgehead atoms. The van der Waals surface area contributed by atoms with Gasteiger partial charge in [0.25, 0.3) is 5.91 Å². The van der Waals surface area contributed by atoms with Gasteiger partial charge in [-0.3, -0.25) is 4.79 Å². The molecule has 0 N–H and O–H groups in total. The molecule has 0 spiro atoms. The van der Waals surface area contributed by atoms with Crippen LogP contribution in [0.1, 0.15) is 28.8 Å². The molecular weight excluding hydrogens is 294 g/mol. The fourth-order valence-electron chi connectivity index (χ4n) is 2.31. The lowest BCUT2D eigenvalue weighted by molar-refractivity contribution is 0.0268. The fraction of sp³-hybridized carbons (Fsp3) is 0.500. The molecule has 4 heteroatoms. The van der Waals surface area contributed by atoms with E-state index in [1.807, 2.05) is 30.0 Å². The van der Waals surface area contributed by atoms with E-state index in [0.29, 0.717) is 6.54 Å². The Kier molecular flexibility index (Phi) is 4.40. The molecule has 1 atom stereocenters. The van der Waals surface area contributed by atoms with Crippen LogP contribution < -0.4 is 0 Å². The first-order valence-corrected chi connectivity index (χ1v) is 6.99. The van der Waals surface area contributed by atoms with Crippen molar-refractivity contribution in [3.8, 4) is 0 Å². The van der Waals surface area contributed by atoms with Gasteiger partial charge in [0.15, 0.2) is 0 Å². The average Bonchev–Trinajstić information content (AvgIpc) is 2.41. The summed E-state index contributed by atoms with van der Waals surface area (Å²) in [5, 5.41) is 0. The second kappa shape index (κ2) is 5.85. The number of ether oxygens (including phenoxy) is 1. The molecule has 0 aliphatic carbocycles. The number of nitrogens with zero attached hydrogens (tertiary/aromatic N) is 1. The molecule has 0 saturated carbocycles. The van der Waals surface area contributed by atoms with Crippen LogP contribution in [0.2, 0.25) is 0 Å². The van der Waals surface area contributed by atoms with E-state index in [-0.39, 0.29) is 12.0 Å². The highest BCUT2D eigenvalue weighted by atomic mass is 79.9. The van der Waals surface area contributed by atoms with Gasteiger partial charge < -0.3 is 9.64 Å². The van der Waals surface area contributed by atoms with Gasteiger partial charge in [0.05, 0.1) is 6.10 Å².